The summed E-state index contributed by atoms with van der Waals surface area (Å²) in [7, 11) is 0. The summed E-state index contributed by atoms with van der Waals surface area (Å²) in [6.07, 6.45) is 6.17. The Morgan fingerprint density at radius 1 is 1.54 bits per heavy atom. The van der Waals surface area contributed by atoms with Gasteiger partial charge in [0.2, 0.25) is 0 Å². The first-order valence-corrected chi connectivity index (χ1v) is 5.31. The van der Waals surface area contributed by atoms with E-state index in [1.165, 1.54) is 18.4 Å². The zero-order chi connectivity index (χ0) is 9.84. The van der Waals surface area contributed by atoms with Gasteiger partial charge in [-0.05, 0) is 37.7 Å². The normalized spacial score (nSPS) is 25.6. The van der Waals surface area contributed by atoms with Crippen molar-refractivity contribution in [3.05, 3.63) is 11.6 Å². The average molecular weight is 180 g/mol. The van der Waals surface area contributed by atoms with Gasteiger partial charge in [-0.2, -0.15) is 0 Å². The summed E-state index contributed by atoms with van der Waals surface area (Å²) < 4.78 is 0. The smallest absolute Gasteiger partial charge is 0.155 e. The van der Waals surface area contributed by atoms with E-state index in [0.29, 0.717) is 11.7 Å². The zero-order valence-electron chi connectivity index (χ0n) is 8.97. The average Bonchev–Trinajstić information content (AvgIpc) is 2.02. The Hall–Kier alpha value is -0.590. The summed E-state index contributed by atoms with van der Waals surface area (Å²) in [4.78, 5) is 11.3. The molecule has 0 saturated heterocycles. The maximum absolute atomic E-state index is 11.3. The van der Waals surface area contributed by atoms with Gasteiger partial charge in [-0.15, -0.1) is 0 Å². The summed E-state index contributed by atoms with van der Waals surface area (Å²) in [6, 6.07) is 0. The summed E-state index contributed by atoms with van der Waals surface area (Å²) in [5.41, 5.74) is 1.27. The van der Waals surface area contributed by atoms with Gasteiger partial charge in [0.15, 0.2) is 5.78 Å². The minimum Gasteiger partial charge on any atom is -0.295 e. The molecule has 0 aliphatic heterocycles. The molecule has 0 heterocycles. The van der Waals surface area contributed by atoms with Crippen molar-refractivity contribution >= 4 is 5.78 Å². The van der Waals surface area contributed by atoms with Gasteiger partial charge in [0.25, 0.3) is 0 Å². The highest BCUT2D eigenvalue weighted by Crippen LogP contribution is 2.28. The molecular weight excluding hydrogens is 160 g/mol. The number of allylic oxidation sites excluding steroid dienone is 2. The standard InChI is InChI=1S/C12H20O/c1-4-9(2)5-11-6-10(3)7-12(13)8-11/h7,9,11H,4-6,8H2,1-3H3. The van der Waals surface area contributed by atoms with E-state index in [9.17, 15) is 4.79 Å². The fourth-order valence-corrected chi connectivity index (χ4v) is 2.11. The van der Waals surface area contributed by atoms with Crippen LogP contribution < -0.4 is 0 Å². The Balaban J connectivity index is 2.46. The van der Waals surface area contributed by atoms with Gasteiger partial charge in [0, 0.05) is 6.42 Å². The van der Waals surface area contributed by atoms with Crippen LogP contribution in [0.1, 0.15) is 46.5 Å². The van der Waals surface area contributed by atoms with Crippen molar-refractivity contribution in [3.63, 3.8) is 0 Å². The molecule has 1 aliphatic carbocycles. The zero-order valence-corrected chi connectivity index (χ0v) is 8.97. The Kier molecular flexibility index (Phi) is 3.71. The molecule has 0 N–H and O–H groups in total. The first kappa shape index (κ1) is 10.5. The van der Waals surface area contributed by atoms with Crippen LogP contribution in [0.5, 0.6) is 0 Å². The molecule has 1 rings (SSSR count). The first-order valence-electron chi connectivity index (χ1n) is 5.31. The summed E-state index contributed by atoms with van der Waals surface area (Å²) >= 11 is 0. The second-order valence-corrected chi connectivity index (χ2v) is 4.48. The highest BCUT2D eigenvalue weighted by Gasteiger charge is 2.19. The molecule has 0 radical (unpaired) electrons. The van der Waals surface area contributed by atoms with E-state index in [2.05, 4.69) is 20.8 Å². The highest BCUT2D eigenvalue weighted by molar-refractivity contribution is 5.91. The van der Waals surface area contributed by atoms with Crippen molar-refractivity contribution in [1.29, 1.82) is 0 Å². The van der Waals surface area contributed by atoms with Crippen molar-refractivity contribution in [2.45, 2.75) is 46.5 Å². The second kappa shape index (κ2) is 4.59. The number of hydrogen-bond acceptors (Lipinski definition) is 1. The topological polar surface area (TPSA) is 17.1 Å². The van der Waals surface area contributed by atoms with Crippen LogP contribution in [0, 0.1) is 11.8 Å². The molecule has 0 fully saturated rings. The Morgan fingerprint density at radius 3 is 2.77 bits per heavy atom. The molecule has 1 heteroatoms. The third-order valence-corrected chi connectivity index (χ3v) is 2.94. The largest absolute Gasteiger partial charge is 0.295 e. The number of hydrogen-bond donors (Lipinski definition) is 0. The predicted molar refractivity (Wildman–Crippen MR) is 55.6 cm³/mol. The molecule has 1 nitrogen and oxygen atoms in total. The minimum atomic E-state index is 0.331. The fourth-order valence-electron chi connectivity index (χ4n) is 2.11. The van der Waals surface area contributed by atoms with Gasteiger partial charge in [-0.3, -0.25) is 4.79 Å². The van der Waals surface area contributed by atoms with Crippen LogP contribution in [0.25, 0.3) is 0 Å². The van der Waals surface area contributed by atoms with Gasteiger partial charge in [-0.1, -0.05) is 25.8 Å². The lowest BCUT2D eigenvalue weighted by Crippen LogP contribution is -2.15. The third kappa shape index (κ3) is 3.33. The second-order valence-electron chi connectivity index (χ2n) is 4.48. The Labute approximate surface area is 81.2 Å². The lowest BCUT2D eigenvalue weighted by molar-refractivity contribution is -0.116. The molecular formula is C12H20O. The van der Waals surface area contributed by atoms with E-state index in [4.69, 9.17) is 0 Å². The molecule has 0 aromatic carbocycles. The quantitative estimate of drug-likeness (QED) is 0.651. The molecule has 74 valence electrons. The monoisotopic (exact) mass is 180 g/mol. The predicted octanol–water partition coefficient (Wildman–Crippen LogP) is 3.35. The highest BCUT2D eigenvalue weighted by atomic mass is 16.1. The van der Waals surface area contributed by atoms with Crippen LogP contribution in [0.4, 0.5) is 0 Å². The number of carbonyl (C=O) groups excluding carboxylic acids is 1. The maximum atomic E-state index is 11.3. The number of rotatable bonds is 3. The van der Waals surface area contributed by atoms with E-state index < -0.39 is 0 Å². The maximum Gasteiger partial charge on any atom is 0.155 e. The van der Waals surface area contributed by atoms with Gasteiger partial charge < -0.3 is 0 Å². The molecule has 13 heavy (non-hydrogen) atoms. The fraction of sp³-hybridized carbons (Fsp3) is 0.750. The molecule has 2 unspecified atom stereocenters. The third-order valence-electron chi connectivity index (χ3n) is 2.94. The van der Waals surface area contributed by atoms with Crippen molar-refractivity contribution in [2.24, 2.45) is 11.8 Å². The van der Waals surface area contributed by atoms with Crippen LogP contribution in [-0.4, -0.2) is 5.78 Å². The summed E-state index contributed by atoms with van der Waals surface area (Å²) in [5, 5.41) is 0. The molecule has 0 spiro atoms. The van der Waals surface area contributed by atoms with Crippen LogP contribution in [0.15, 0.2) is 11.6 Å². The van der Waals surface area contributed by atoms with Crippen LogP contribution in [0.2, 0.25) is 0 Å². The van der Waals surface area contributed by atoms with Crippen molar-refractivity contribution in [1.82, 2.24) is 0 Å². The minimum absolute atomic E-state index is 0.331. The number of ketones is 1. The molecule has 1 aliphatic rings. The van der Waals surface area contributed by atoms with E-state index >= 15 is 0 Å². The Morgan fingerprint density at radius 2 is 2.23 bits per heavy atom. The van der Waals surface area contributed by atoms with Crippen molar-refractivity contribution in [3.8, 4) is 0 Å². The molecule has 0 aromatic heterocycles. The molecule has 2 atom stereocenters. The van der Waals surface area contributed by atoms with Crippen LogP contribution >= 0.6 is 0 Å². The van der Waals surface area contributed by atoms with Gasteiger partial charge in [0.05, 0.1) is 0 Å². The lowest BCUT2D eigenvalue weighted by Gasteiger charge is -2.22. The van der Waals surface area contributed by atoms with Crippen molar-refractivity contribution in [2.75, 3.05) is 0 Å². The van der Waals surface area contributed by atoms with E-state index in [-0.39, 0.29) is 0 Å². The first-order chi connectivity index (χ1) is 6.11. The van der Waals surface area contributed by atoms with Gasteiger partial charge in [0.1, 0.15) is 0 Å². The van der Waals surface area contributed by atoms with E-state index in [1.54, 1.807) is 0 Å². The molecule has 0 amide bonds. The SMILES string of the molecule is CCC(C)CC1CC(=O)C=C(C)C1. The van der Waals surface area contributed by atoms with Gasteiger partial charge in [-0.25, -0.2) is 0 Å². The van der Waals surface area contributed by atoms with Crippen LogP contribution in [0.3, 0.4) is 0 Å². The van der Waals surface area contributed by atoms with E-state index in [0.717, 1.165) is 18.8 Å². The molecule has 0 aromatic rings. The number of carbonyl (C=O) groups is 1. The van der Waals surface area contributed by atoms with Crippen LogP contribution in [-0.2, 0) is 4.79 Å². The van der Waals surface area contributed by atoms with E-state index in [1.807, 2.05) is 6.08 Å². The van der Waals surface area contributed by atoms with Gasteiger partial charge >= 0.3 is 0 Å². The molecule has 0 bridgehead atoms. The summed E-state index contributed by atoms with van der Waals surface area (Å²) in [6.45, 7) is 6.57. The van der Waals surface area contributed by atoms with Crippen molar-refractivity contribution < 1.29 is 4.79 Å². The lowest BCUT2D eigenvalue weighted by atomic mass is 9.82. The molecule has 0 saturated carbocycles. The Bertz CT molecular complexity index is 215. The summed E-state index contributed by atoms with van der Waals surface area (Å²) in [5.74, 6) is 1.72.